The first-order valence-corrected chi connectivity index (χ1v) is 12.8. The largest absolute Gasteiger partial charge is 0.451 e. The van der Waals surface area contributed by atoms with Crippen LogP contribution in [-0.2, 0) is 0 Å². The van der Waals surface area contributed by atoms with Crippen LogP contribution in [0.3, 0.4) is 0 Å². The zero-order valence-corrected chi connectivity index (χ0v) is 22.2. The molecule has 12 heteroatoms. The Labute approximate surface area is 232 Å². The van der Waals surface area contributed by atoms with E-state index >= 15 is 0 Å². The fourth-order valence-electron chi connectivity index (χ4n) is 4.30. The normalized spacial score (nSPS) is 13.6. The molecule has 1 amide bonds. The first kappa shape index (κ1) is 27.0. The Morgan fingerprint density at radius 3 is 2.00 bits per heavy atom. The summed E-state index contributed by atoms with van der Waals surface area (Å²) in [6.07, 6.45) is 0. The van der Waals surface area contributed by atoms with Crippen molar-refractivity contribution in [1.29, 1.82) is 0 Å². The Hall–Kier alpha value is -3.57. The number of hydrogen-bond acceptors (Lipinski definition) is 4. The van der Waals surface area contributed by atoms with Gasteiger partial charge in [0.05, 0.1) is 10.7 Å². The highest BCUT2D eigenvalue weighted by Crippen LogP contribution is 2.34. The van der Waals surface area contributed by atoms with Crippen molar-refractivity contribution in [3.63, 3.8) is 0 Å². The second-order valence-corrected chi connectivity index (χ2v) is 10.0. The second kappa shape index (κ2) is 10.9. The van der Waals surface area contributed by atoms with Crippen LogP contribution in [0.5, 0.6) is 0 Å². The number of rotatable bonds is 5. The van der Waals surface area contributed by atoms with E-state index in [1.165, 1.54) is 0 Å². The maximum Gasteiger partial charge on any atom is 0.291 e. The van der Waals surface area contributed by atoms with E-state index in [9.17, 15) is 26.7 Å². The minimum Gasteiger partial charge on any atom is -0.451 e. The Bertz CT molecular complexity index is 1530. The lowest BCUT2D eigenvalue weighted by molar-refractivity contribution is 0.0997. The number of benzene rings is 3. The molecule has 202 valence electrons. The molecule has 1 saturated heterocycles. The summed E-state index contributed by atoms with van der Waals surface area (Å²) in [6, 6.07) is 15.5. The van der Waals surface area contributed by atoms with Crippen molar-refractivity contribution in [2.45, 2.75) is 0 Å². The van der Waals surface area contributed by atoms with E-state index in [0.29, 0.717) is 22.2 Å². The van der Waals surface area contributed by atoms with Crippen molar-refractivity contribution in [1.82, 2.24) is 0 Å². The van der Waals surface area contributed by atoms with Gasteiger partial charge in [0.25, 0.3) is 5.91 Å². The lowest BCUT2D eigenvalue weighted by atomic mass is 10.2. The van der Waals surface area contributed by atoms with Gasteiger partial charge in [0.15, 0.2) is 29.0 Å². The fourth-order valence-corrected chi connectivity index (χ4v) is 4.87. The number of anilines is 3. The molecule has 1 fully saturated rings. The molecule has 1 aliphatic heterocycles. The van der Waals surface area contributed by atoms with E-state index in [1.807, 2.05) is 29.2 Å². The molecular weight excluding hydrogens is 609 g/mol. The average molecular weight is 627 g/mol. The first-order chi connectivity index (χ1) is 18.6. The van der Waals surface area contributed by atoms with Gasteiger partial charge in [-0.25, -0.2) is 22.0 Å². The van der Waals surface area contributed by atoms with Crippen LogP contribution >= 0.6 is 27.5 Å². The van der Waals surface area contributed by atoms with Gasteiger partial charge in [0.2, 0.25) is 5.82 Å². The Morgan fingerprint density at radius 1 is 0.795 bits per heavy atom. The lowest BCUT2D eigenvalue weighted by Crippen LogP contribution is -2.47. The van der Waals surface area contributed by atoms with Crippen LogP contribution in [0.2, 0.25) is 5.02 Å². The molecule has 5 rings (SSSR count). The maximum absolute atomic E-state index is 14.2. The Morgan fingerprint density at radius 2 is 1.38 bits per heavy atom. The van der Waals surface area contributed by atoms with Crippen LogP contribution in [0.15, 0.2) is 63.5 Å². The molecule has 1 aromatic heterocycles. The molecule has 0 bridgehead atoms. The van der Waals surface area contributed by atoms with Crippen molar-refractivity contribution < 1.29 is 31.2 Å². The zero-order valence-electron chi connectivity index (χ0n) is 19.9. The van der Waals surface area contributed by atoms with E-state index in [4.69, 9.17) is 16.0 Å². The van der Waals surface area contributed by atoms with Crippen molar-refractivity contribution in [3.05, 3.63) is 98.9 Å². The van der Waals surface area contributed by atoms with E-state index < -0.39 is 40.7 Å². The average Bonchev–Trinajstić information content (AvgIpc) is 3.43. The van der Waals surface area contributed by atoms with Gasteiger partial charge in [-0.05, 0) is 42.5 Å². The molecule has 0 aliphatic carbocycles. The number of nitrogens with zero attached hydrogens (tertiary/aromatic N) is 2. The summed E-state index contributed by atoms with van der Waals surface area (Å²) in [5, 5.41) is 3.02. The molecule has 5 nitrogen and oxygen atoms in total. The zero-order chi connectivity index (χ0) is 27.8. The summed E-state index contributed by atoms with van der Waals surface area (Å²) in [5.41, 5.74) is 0.860. The standard InChI is InChI=1S/C27H18BrClF5N3O2/c28-15-3-1-14(2-4-15)19-7-8-20(39-19)27(38)35-16-5-6-18(17(29)13-16)36-9-11-37(12-10-36)26-24(33)22(31)21(30)23(32)25(26)34/h1-8,13H,9-12H2,(H,35,38). The van der Waals surface area contributed by atoms with Gasteiger partial charge in [0, 0.05) is 41.9 Å². The molecule has 0 saturated carbocycles. The van der Waals surface area contributed by atoms with Crippen molar-refractivity contribution in [2.24, 2.45) is 0 Å². The summed E-state index contributed by atoms with van der Waals surface area (Å²) < 4.78 is 75.6. The molecule has 39 heavy (non-hydrogen) atoms. The highest BCUT2D eigenvalue weighted by Gasteiger charge is 2.31. The van der Waals surface area contributed by atoms with Crippen LogP contribution in [0.1, 0.15) is 10.6 Å². The van der Waals surface area contributed by atoms with Crippen molar-refractivity contribution >= 4 is 50.5 Å². The third kappa shape index (κ3) is 5.33. The van der Waals surface area contributed by atoms with Gasteiger partial charge < -0.3 is 19.5 Å². The van der Waals surface area contributed by atoms with Gasteiger partial charge in [0.1, 0.15) is 11.4 Å². The number of carbonyl (C=O) groups excluding carboxylic acids is 1. The summed E-state index contributed by atoms with van der Waals surface area (Å²) in [7, 11) is 0. The monoisotopic (exact) mass is 625 g/mol. The third-order valence-electron chi connectivity index (χ3n) is 6.29. The third-order valence-corrected chi connectivity index (χ3v) is 7.12. The topological polar surface area (TPSA) is 48.7 Å². The number of amides is 1. The quantitative estimate of drug-likeness (QED) is 0.141. The van der Waals surface area contributed by atoms with Crippen molar-refractivity contribution in [2.75, 3.05) is 41.3 Å². The number of nitrogens with one attached hydrogen (secondary N) is 1. The number of piperazine rings is 1. The predicted molar refractivity (Wildman–Crippen MR) is 142 cm³/mol. The minimum absolute atomic E-state index is 0.00758. The van der Waals surface area contributed by atoms with Gasteiger partial charge in [-0.3, -0.25) is 4.79 Å². The van der Waals surface area contributed by atoms with Gasteiger partial charge in [-0.1, -0.05) is 39.7 Å². The highest BCUT2D eigenvalue weighted by molar-refractivity contribution is 9.10. The Balaban J connectivity index is 1.24. The van der Waals surface area contributed by atoms with Gasteiger partial charge >= 0.3 is 0 Å². The summed E-state index contributed by atoms with van der Waals surface area (Å²) in [4.78, 5) is 15.6. The summed E-state index contributed by atoms with van der Waals surface area (Å²) >= 11 is 9.83. The molecule has 0 radical (unpaired) electrons. The number of carbonyl (C=O) groups is 1. The minimum atomic E-state index is -2.19. The van der Waals surface area contributed by atoms with Crippen LogP contribution in [-0.4, -0.2) is 32.1 Å². The molecule has 0 unspecified atom stereocenters. The van der Waals surface area contributed by atoms with Gasteiger partial charge in [-0.15, -0.1) is 0 Å². The maximum atomic E-state index is 14.2. The summed E-state index contributed by atoms with van der Waals surface area (Å²) in [5.74, 6) is -9.71. The number of hydrogen-bond donors (Lipinski definition) is 1. The Kier molecular flexibility index (Phi) is 7.55. The molecule has 4 aromatic rings. The molecule has 2 heterocycles. The highest BCUT2D eigenvalue weighted by atomic mass is 79.9. The SMILES string of the molecule is O=C(Nc1ccc(N2CCN(c3c(F)c(F)c(F)c(F)c3F)CC2)c(Cl)c1)c1ccc(-c2ccc(Br)cc2)o1. The van der Waals surface area contributed by atoms with Crippen LogP contribution in [0.4, 0.5) is 39.0 Å². The number of halogens is 7. The van der Waals surface area contributed by atoms with Crippen molar-refractivity contribution in [3.8, 4) is 11.3 Å². The molecule has 1 aliphatic rings. The molecule has 1 N–H and O–H groups in total. The molecule has 0 spiro atoms. The van der Waals surface area contributed by atoms with E-state index in [1.54, 1.807) is 30.3 Å². The molecule has 3 aromatic carbocycles. The second-order valence-electron chi connectivity index (χ2n) is 8.68. The van der Waals surface area contributed by atoms with Crippen LogP contribution in [0.25, 0.3) is 11.3 Å². The predicted octanol–water partition coefficient (Wildman–Crippen LogP) is 7.64. The smallest absolute Gasteiger partial charge is 0.291 e. The first-order valence-electron chi connectivity index (χ1n) is 11.6. The van der Waals surface area contributed by atoms with E-state index in [0.717, 1.165) is 14.9 Å². The van der Waals surface area contributed by atoms with E-state index in [-0.39, 0.29) is 31.9 Å². The lowest BCUT2D eigenvalue weighted by Gasteiger charge is -2.38. The van der Waals surface area contributed by atoms with Gasteiger partial charge in [-0.2, -0.15) is 0 Å². The van der Waals surface area contributed by atoms with Crippen LogP contribution in [0, 0.1) is 29.1 Å². The summed E-state index contributed by atoms with van der Waals surface area (Å²) in [6.45, 7) is 0.394. The number of furan rings is 1. The van der Waals surface area contributed by atoms with Crippen LogP contribution < -0.4 is 15.1 Å². The molecule has 0 atom stereocenters. The molecular formula is C27H18BrClF5N3O2. The fraction of sp³-hybridized carbons (Fsp3) is 0.148. The van der Waals surface area contributed by atoms with E-state index in [2.05, 4.69) is 21.2 Å².